The van der Waals surface area contributed by atoms with Gasteiger partial charge >= 0.3 is 0 Å². The highest BCUT2D eigenvalue weighted by Gasteiger charge is 2.19. The lowest BCUT2D eigenvalue weighted by atomic mass is 10.1. The standard InChI is InChI=1S/C25H22FN5O3S/c1-16(18-2-7-21-22(14-18)34-13-12-33-21)28-23(32)15-35-25-30-29-24(17-8-10-27-11-9-17)31(25)20-5-3-19(26)4-6-20/h2-11,14,16H,12-13,15H2,1H3,(H,28,32)/t16-/m0/s1. The maximum absolute atomic E-state index is 13.5. The van der Waals surface area contributed by atoms with Gasteiger partial charge in [-0.25, -0.2) is 4.39 Å². The lowest BCUT2D eigenvalue weighted by Gasteiger charge is -2.21. The van der Waals surface area contributed by atoms with Crippen molar-refractivity contribution >= 4 is 17.7 Å². The summed E-state index contributed by atoms with van der Waals surface area (Å²) in [6.45, 7) is 2.95. The summed E-state index contributed by atoms with van der Waals surface area (Å²) in [5.74, 6) is 1.60. The molecule has 35 heavy (non-hydrogen) atoms. The minimum atomic E-state index is -0.339. The van der Waals surface area contributed by atoms with E-state index in [0.717, 1.165) is 11.1 Å². The lowest BCUT2D eigenvalue weighted by Crippen LogP contribution is -2.28. The van der Waals surface area contributed by atoms with Crippen LogP contribution in [0.5, 0.6) is 11.5 Å². The van der Waals surface area contributed by atoms with Crippen LogP contribution in [0.15, 0.2) is 72.1 Å². The quantitative estimate of drug-likeness (QED) is 0.387. The third-order valence-electron chi connectivity index (χ3n) is 5.43. The number of nitrogens with zero attached hydrogens (tertiary/aromatic N) is 4. The van der Waals surface area contributed by atoms with E-state index in [0.29, 0.717) is 41.4 Å². The molecule has 178 valence electrons. The van der Waals surface area contributed by atoms with Gasteiger partial charge in [-0.05, 0) is 61.0 Å². The number of halogens is 1. The van der Waals surface area contributed by atoms with Crippen molar-refractivity contribution < 1.29 is 18.7 Å². The molecule has 1 N–H and O–H groups in total. The molecule has 0 bridgehead atoms. The number of benzene rings is 2. The summed E-state index contributed by atoms with van der Waals surface area (Å²) in [7, 11) is 0. The number of aromatic nitrogens is 4. The van der Waals surface area contributed by atoms with Crippen LogP contribution in [-0.2, 0) is 4.79 Å². The average Bonchev–Trinajstić information content (AvgIpc) is 3.32. The molecule has 2 aromatic heterocycles. The molecule has 0 spiro atoms. The minimum Gasteiger partial charge on any atom is -0.486 e. The highest BCUT2D eigenvalue weighted by molar-refractivity contribution is 7.99. The van der Waals surface area contributed by atoms with E-state index in [1.54, 1.807) is 29.1 Å². The van der Waals surface area contributed by atoms with Crippen molar-refractivity contribution in [2.45, 2.75) is 18.1 Å². The monoisotopic (exact) mass is 491 g/mol. The van der Waals surface area contributed by atoms with Crippen LogP contribution in [0.25, 0.3) is 17.1 Å². The SMILES string of the molecule is C[C@H](NC(=O)CSc1nnc(-c2ccncc2)n1-c1ccc(F)cc1)c1ccc2c(c1)OCCO2. The van der Waals surface area contributed by atoms with Gasteiger partial charge < -0.3 is 14.8 Å². The molecule has 3 heterocycles. The number of fused-ring (bicyclic) bond motifs is 1. The first-order chi connectivity index (χ1) is 17.1. The van der Waals surface area contributed by atoms with Gasteiger partial charge in [0.15, 0.2) is 22.5 Å². The topological polar surface area (TPSA) is 91.2 Å². The van der Waals surface area contributed by atoms with Gasteiger partial charge in [0.25, 0.3) is 0 Å². The second kappa shape index (κ2) is 10.1. The number of nitrogens with one attached hydrogen (secondary N) is 1. The maximum Gasteiger partial charge on any atom is 0.230 e. The van der Waals surface area contributed by atoms with Gasteiger partial charge in [0, 0.05) is 23.6 Å². The van der Waals surface area contributed by atoms with Crippen molar-refractivity contribution in [3.63, 3.8) is 0 Å². The second-order valence-corrected chi connectivity index (χ2v) is 8.78. The summed E-state index contributed by atoms with van der Waals surface area (Å²) >= 11 is 1.25. The smallest absolute Gasteiger partial charge is 0.230 e. The highest BCUT2D eigenvalue weighted by atomic mass is 32.2. The molecule has 0 radical (unpaired) electrons. The Morgan fingerprint density at radius 3 is 2.57 bits per heavy atom. The molecule has 0 aliphatic carbocycles. The molecule has 5 rings (SSSR count). The summed E-state index contributed by atoms with van der Waals surface area (Å²) in [6.07, 6.45) is 3.33. The van der Waals surface area contributed by atoms with Crippen molar-refractivity contribution in [3.8, 4) is 28.6 Å². The van der Waals surface area contributed by atoms with Gasteiger partial charge in [0.2, 0.25) is 5.91 Å². The van der Waals surface area contributed by atoms with E-state index < -0.39 is 0 Å². The molecule has 0 saturated carbocycles. The van der Waals surface area contributed by atoms with E-state index >= 15 is 0 Å². The third-order valence-corrected chi connectivity index (χ3v) is 6.36. The molecule has 0 saturated heterocycles. The highest BCUT2D eigenvalue weighted by Crippen LogP contribution is 2.33. The van der Waals surface area contributed by atoms with Crippen molar-refractivity contribution in [2.75, 3.05) is 19.0 Å². The summed E-state index contributed by atoms with van der Waals surface area (Å²) in [5, 5.41) is 12.2. The van der Waals surface area contributed by atoms with Crippen LogP contribution in [-0.4, -0.2) is 44.6 Å². The molecule has 0 unspecified atom stereocenters. The number of thioether (sulfide) groups is 1. The number of amides is 1. The molecular weight excluding hydrogens is 469 g/mol. The van der Waals surface area contributed by atoms with Gasteiger partial charge in [-0.15, -0.1) is 10.2 Å². The lowest BCUT2D eigenvalue weighted by molar-refractivity contribution is -0.119. The Balaban J connectivity index is 1.31. The summed E-state index contributed by atoms with van der Waals surface area (Å²) in [4.78, 5) is 16.8. The largest absolute Gasteiger partial charge is 0.486 e. The maximum atomic E-state index is 13.5. The van der Waals surface area contributed by atoms with E-state index in [9.17, 15) is 9.18 Å². The van der Waals surface area contributed by atoms with E-state index in [-0.39, 0.29) is 23.5 Å². The van der Waals surface area contributed by atoms with Crippen LogP contribution in [0.2, 0.25) is 0 Å². The van der Waals surface area contributed by atoms with E-state index in [2.05, 4.69) is 20.5 Å². The van der Waals surface area contributed by atoms with Crippen LogP contribution in [0.3, 0.4) is 0 Å². The predicted molar refractivity (Wildman–Crippen MR) is 129 cm³/mol. The van der Waals surface area contributed by atoms with E-state index in [1.165, 1.54) is 23.9 Å². The molecule has 0 fully saturated rings. The van der Waals surface area contributed by atoms with Crippen molar-refractivity contribution in [1.82, 2.24) is 25.1 Å². The van der Waals surface area contributed by atoms with Crippen LogP contribution in [0.1, 0.15) is 18.5 Å². The molecule has 4 aromatic rings. The number of hydrogen-bond acceptors (Lipinski definition) is 7. The van der Waals surface area contributed by atoms with Crippen LogP contribution >= 0.6 is 11.8 Å². The molecule has 1 amide bonds. The average molecular weight is 492 g/mol. The Morgan fingerprint density at radius 2 is 1.80 bits per heavy atom. The Kier molecular flexibility index (Phi) is 6.62. The third kappa shape index (κ3) is 5.12. The predicted octanol–water partition coefficient (Wildman–Crippen LogP) is 4.21. The fourth-order valence-electron chi connectivity index (χ4n) is 3.70. The van der Waals surface area contributed by atoms with Gasteiger partial charge in [0.1, 0.15) is 19.0 Å². The van der Waals surface area contributed by atoms with Crippen molar-refractivity contribution in [2.24, 2.45) is 0 Å². The Labute approximate surface area is 205 Å². The number of hydrogen-bond donors (Lipinski definition) is 1. The first-order valence-electron chi connectivity index (χ1n) is 11.0. The Morgan fingerprint density at radius 1 is 1.06 bits per heavy atom. The number of ether oxygens (including phenoxy) is 2. The normalized spacial score (nSPS) is 13.3. The summed E-state index contributed by atoms with van der Waals surface area (Å²) in [6, 6.07) is 15.1. The summed E-state index contributed by atoms with van der Waals surface area (Å²) < 4.78 is 26.5. The summed E-state index contributed by atoms with van der Waals surface area (Å²) in [5.41, 5.74) is 2.41. The Bertz CT molecular complexity index is 1330. The number of carbonyl (C=O) groups excluding carboxylic acids is 1. The molecule has 1 aliphatic rings. The van der Waals surface area contributed by atoms with Crippen molar-refractivity contribution in [3.05, 3.63) is 78.4 Å². The zero-order valence-corrected chi connectivity index (χ0v) is 19.7. The van der Waals surface area contributed by atoms with Crippen LogP contribution in [0.4, 0.5) is 4.39 Å². The number of pyridine rings is 1. The first-order valence-corrected chi connectivity index (χ1v) is 12.0. The molecule has 8 nitrogen and oxygen atoms in total. The molecule has 1 atom stereocenters. The van der Waals surface area contributed by atoms with Gasteiger partial charge in [-0.2, -0.15) is 0 Å². The van der Waals surface area contributed by atoms with Crippen molar-refractivity contribution in [1.29, 1.82) is 0 Å². The number of carbonyl (C=O) groups is 1. The van der Waals surface area contributed by atoms with E-state index in [4.69, 9.17) is 9.47 Å². The number of rotatable bonds is 7. The van der Waals surface area contributed by atoms with E-state index in [1.807, 2.05) is 37.3 Å². The molecular formula is C25H22FN5O3S. The fourth-order valence-corrected chi connectivity index (χ4v) is 4.46. The molecule has 2 aromatic carbocycles. The molecule has 1 aliphatic heterocycles. The zero-order chi connectivity index (χ0) is 24.2. The van der Waals surface area contributed by atoms with Gasteiger partial charge in [-0.3, -0.25) is 14.3 Å². The van der Waals surface area contributed by atoms with Gasteiger partial charge in [-0.1, -0.05) is 17.8 Å². The minimum absolute atomic E-state index is 0.130. The fraction of sp³-hybridized carbons (Fsp3) is 0.200. The first kappa shape index (κ1) is 22.9. The van der Waals surface area contributed by atoms with Gasteiger partial charge in [0.05, 0.1) is 11.8 Å². The molecule has 10 heteroatoms. The zero-order valence-electron chi connectivity index (χ0n) is 18.8. The van der Waals surface area contributed by atoms with Crippen LogP contribution < -0.4 is 14.8 Å². The Hall–Kier alpha value is -3.92. The second-order valence-electron chi connectivity index (χ2n) is 7.83. The van der Waals surface area contributed by atoms with Crippen LogP contribution in [0, 0.1) is 5.82 Å².